The summed E-state index contributed by atoms with van der Waals surface area (Å²) in [5, 5.41) is 0. The Balaban J connectivity index is 1.98. The maximum Gasteiger partial charge on any atom is 0.207 e. The highest BCUT2D eigenvalue weighted by Crippen LogP contribution is 2.33. The molecule has 0 amide bonds. The second-order valence-corrected chi connectivity index (χ2v) is 5.49. The molecule has 0 aromatic rings. The van der Waals surface area contributed by atoms with Crippen molar-refractivity contribution < 1.29 is 13.7 Å². The first kappa shape index (κ1) is 7.30. The van der Waals surface area contributed by atoms with E-state index in [9.17, 15) is 0 Å². The van der Waals surface area contributed by atoms with Crippen LogP contribution in [0.1, 0.15) is 0 Å². The van der Waals surface area contributed by atoms with Gasteiger partial charge in [0.25, 0.3) is 0 Å². The maximum absolute atomic E-state index is 5.92. The van der Waals surface area contributed by atoms with Gasteiger partial charge in [0.1, 0.15) is 26.2 Å². The lowest BCUT2D eigenvalue weighted by molar-refractivity contribution is -1.13. The SMILES string of the molecule is C[N+]12CC3C[N+](C)(CC(C1)O3)C2. The fourth-order valence-corrected chi connectivity index (χ4v) is 3.73. The van der Waals surface area contributed by atoms with Crippen LogP contribution in [-0.2, 0) is 4.74 Å². The van der Waals surface area contributed by atoms with E-state index < -0.39 is 0 Å². The summed E-state index contributed by atoms with van der Waals surface area (Å²) in [4.78, 5) is 0. The van der Waals surface area contributed by atoms with Gasteiger partial charge in [-0.3, -0.25) is 8.97 Å². The third-order valence-corrected chi connectivity index (χ3v) is 3.65. The zero-order valence-electron chi connectivity index (χ0n) is 7.99. The van der Waals surface area contributed by atoms with E-state index in [1.807, 2.05) is 0 Å². The number of likely N-dealkylation sites (N-methyl/N-ethyl adjacent to an activating group) is 2. The van der Waals surface area contributed by atoms with Gasteiger partial charge in [-0.1, -0.05) is 0 Å². The van der Waals surface area contributed by atoms with Crippen molar-refractivity contribution in [2.75, 3.05) is 46.9 Å². The summed E-state index contributed by atoms with van der Waals surface area (Å²) in [6, 6.07) is 0. The third kappa shape index (κ3) is 0.873. The molecule has 4 saturated heterocycles. The van der Waals surface area contributed by atoms with Crippen molar-refractivity contribution in [1.82, 2.24) is 0 Å². The largest absolute Gasteiger partial charge is 0.351 e. The number of rotatable bonds is 0. The lowest BCUT2D eigenvalue weighted by atomic mass is 10.0. The molecule has 0 radical (unpaired) electrons. The van der Waals surface area contributed by atoms with E-state index >= 15 is 0 Å². The molecule has 4 rings (SSSR count). The molecule has 4 aliphatic heterocycles. The quantitative estimate of drug-likeness (QED) is 0.451. The normalized spacial score (nSPS) is 62.5. The molecule has 12 heavy (non-hydrogen) atoms. The summed E-state index contributed by atoms with van der Waals surface area (Å²) in [5.74, 6) is 0. The van der Waals surface area contributed by atoms with Gasteiger partial charge in [-0.15, -0.1) is 0 Å². The van der Waals surface area contributed by atoms with Crippen LogP contribution in [0, 0.1) is 0 Å². The van der Waals surface area contributed by atoms with E-state index in [0.29, 0.717) is 12.2 Å². The second-order valence-electron chi connectivity index (χ2n) is 5.49. The lowest BCUT2D eigenvalue weighted by Crippen LogP contribution is -2.80. The molecular formula is C9H18N2O+2. The average molecular weight is 170 g/mol. The van der Waals surface area contributed by atoms with Gasteiger partial charge >= 0.3 is 0 Å². The molecule has 0 unspecified atom stereocenters. The van der Waals surface area contributed by atoms with Crippen LogP contribution in [0.4, 0.5) is 0 Å². The van der Waals surface area contributed by atoms with Crippen molar-refractivity contribution in [2.45, 2.75) is 12.2 Å². The first-order chi connectivity index (χ1) is 5.57. The van der Waals surface area contributed by atoms with Gasteiger partial charge < -0.3 is 4.74 Å². The molecule has 0 N–H and O–H groups in total. The maximum atomic E-state index is 5.92. The van der Waals surface area contributed by atoms with Crippen LogP contribution in [0.25, 0.3) is 0 Å². The highest BCUT2D eigenvalue weighted by atomic mass is 16.5. The van der Waals surface area contributed by atoms with E-state index in [1.165, 1.54) is 41.8 Å². The molecule has 4 fully saturated rings. The summed E-state index contributed by atoms with van der Waals surface area (Å²) in [6.07, 6.45) is 1.11. The van der Waals surface area contributed by atoms with E-state index in [4.69, 9.17) is 4.74 Å². The lowest BCUT2D eigenvalue weighted by Gasteiger charge is -2.59. The van der Waals surface area contributed by atoms with Gasteiger partial charge in [0.15, 0.2) is 12.2 Å². The number of morpholine rings is 2. The summed E-state index contributed by atoms with van der Waals surface area (Å²) in [7, 11) is 4.77. The Kier molecular flexibility index (Phi) is 1.13. The van der Waals surface area contributed by atoms with Crippen molar-refractivity contribution in [3.63, 3.8) is 0 Å². The Labute approximate surface area is 73.7 Å². The summed E-state index contributed by atoms with van der Waals surface area (Å²) < 4.78 is 8.43. The highest BCUT2D eigenvalue weighted by molar-refractivity contribution is 4.77. The van der Waals surface area contributed by atoms with E-state index in [1.54, 1.807) is 0 Å². The molecule has 3 nitrogen and oxygen atoms in total. The number of nitrogens with zero attached hydrogens (tertiary/aromatic N) is 2. The van der Waals surface area contributed by atoms with Gasteiger partial charge in [-0.25, -0.2) is 0 Å². The van der Waals surface area contributed by atoms with Crippen molar-refractivity contribution in [2.24, 2.45) is 0 Å². The van der Waals surface area contributed by atoms with Crippen LogP contribution < -0.4 is 0 Å². The Bertz CT molecular complexity index is 195. The monoisotopic (exact) mass is 170 g/mol. The van der Waals surface area contributed by atoms with Gasteiger partial charge in [-0.2, -0.15) is 0 Å². The standard InChI is InChI=1S/C9H18N2O/c1-10-3-8-5-11(2,7-10)6-9(4-10)12-8/h8-9H,3-7H2,1-2H3/q+2. The van der Waals surface area contributed by atoms with Crippen LogP contribution >= 0.6 is 0 Å². The second kappa shape index (κ2) is 1.86. The molecule has 0 atom stereocenters. The third-order valence-electron chi connectivity index (χ3n) is 3.65. The van der Waals surface area contributed by atoms with Gasteiger partial charge in [-0.05, 0) is 0 Å². The van der Waals surface area contributed by atoms with Gasteiger partial charge in [0.2, 0.25) is 6.67 Å². The van der Waals surface area contributed by atoms with Crippen LogP contribution in [0.2, 0.25) is 0 Å². The minimum atomic E-state index is 0.557. The topological polar surface area (TPSA) is 9.23 Å². The number of hydrogen-bond donors (Lipinski definition) is 0. The molecule has 3 heteroatoms. The molecule has 4 bridgehead atoms. The van der Waals surface area contributed by atoms with Crippen LogP contribution in [-0.4, -0.2) is 68.1 Å². The van der Waals surface area contributed by atoms with E-state index in [2.05, 4.69) is 14.1 Å². The van der Waals surface area contributed by atoms with Crippen LogP contribution in [0.3, 0.4) is 0 Å². The highest BCUT2D eigenvalue weighted by Gasteiger charge is 2.56. The number of quaternary nitrogens is 2. The molecule has 0 aromatic heterocycles. The minimum Gasteiger partial charge on any atom is -0.351 e. The Morgan fingerprint density at radius 2 is 1.33 bits per heavy atom. The first-order valence-corrected chi connectivity index (χ1v) is 4.90. The molecular weight excluding hydrogens is 152 g/mol. The van der Waals surface area contributed by atoms with E-state index in [-0.39, 0.29) is 0 Å². The zero-order chi connectivity index (χ0) is 8.40. The molecule has 4 aliphatic rings. The molecule has 0 aliphatic carbocycles. The molecule has 0 aromatic carbocycles. The number of ether oxygens (including phenoxy) is 1. The average Bonchev–Trinajstić information content (AvgIpc) is 1.75. The summed E-state index contributed by atoms with van der Waals surface area (Å²) in [6.45, 7) is 6.35. The van der Waals surface area contributed by atoms with Gasteiger partial charge in [0.05, 0.1) is 14.1 Å². The predicted octanol–water partition coefficient (Wildman–Crippen LogP) is -0.368. The Morgan fingerprint density at radius 3 is 1.67 bits per heavy atom. The zero-order valence-corrected chi connectivity index (χ0v) is 7.99. The van der Waals surface area contributed by atoms with Gasteiger partial charge in [0, 0.05) is 0 Å². The van der Waals surface area contributed by atoms with E-state index in [0.717, 1.165) is 0 Å². The van der Waals surface area contributed by atoms with Crippen molar-refractivity contribution in [1.29, 1.82) is 0 Å². The smallest absolute Gasteiger partial charge is 0.207 e. The minimum absolute atomic E-state index is 0.557. The number of hydrogen-bond acceptors (Lipinski definition) is 1. The van der Waals surface area contributed by atoms with Crippen molar-refractivity contribution in [3.8, 4) is 0 Å². The summed E-state index contributed by atoms with van der Waals surface area (Å²) >= 11 is 0. The Morgan fingerprint density at radius 1 is 0.917 bits per heavy atom. The fraction of sp³-hybridized carbons (Fsp3) is 1.00. The van der Waals surface area contributed by atoms with Crippen LogP contribution in [0.5, 0.6) is 0 Å². The predicted molar refractivity (Wildman–Crippen MR) is 45.4 cm³/mol. The molecule has 0 spiro atoms. The molecule has 0 saturated carbocycles. The van der Waals surface area contributed by atoms with Crippen molar-refractivity contribution >= 4 is 0 Å². The fourth-order valence-electron chi connectivity index (χ4n) is 3.73. The summed E-state index contributed by atoms with van der Waals surface area (Å²) in [5.41, 5.74) is 0. The van der Waals surface area contributed by atoms with Crippen molar-refractivity contribution in [3.05, 3.63) is 0 Å². The molecule has 4 heterocycles. The molecule has 68 valence electrons. The first-order valence-electron chi connectivity index (χ1n) is 4.90. The Hall–Kier alpha value is -0.120. The van der Waals surface area contributed by atoms with Crippen LogP contribution in [0.15, 0.2) is 0 Å².